The van der Waals surface area contributed by atoms with Gasteiger partial charge in [0.05, 0.1) is 0 Å². The minimum atomic E-state index is 0.781. The van der Waals surface area contributed by atoms with E-state index in [4.69, 9.17) is 0 Å². The lowest BCUT2D eigenvalue weighted by Crippen LogP contribution is -2.40. The van der Waals surface area contributed by atoms with E-state index in [1.54, 1.807) is 0 Å². The average molecular weight is 141 g/mol. The summed E-state index contributed by atoms with van der Waals surface area (Å²) in [4.78, 5) is 0. The lowest BCUT2D eigenvalue weighted by Gasteiger charge is -2.30. The molecule has 1 nitrogen and oxygen atoms in total. The molecule has 2 unspecified atom stereocenters. The van der Waals surface area contributed by atoms with Crippen LogP contribution in [0, 0.1) is 11.8 Å². The lowest BCUT2D eigenvalue weighted by molar-refractivity contribution is 0.268. The monoisotopic (exact) mass is 141 g/mol. The van der Waals surface area contributed by atoms with Gasteiger partial charge in [-0.1, -0.05) is 20.8 Å². The third-order valence-electron chi connectivity index (χ3n) is 2.50. The van der Waals surface area contributed by atoms with E-state index in [0.717, 1.165) is 17.9 Å². The van der Waals surface area contributed by atoms with Gasteiger partial charge < -0.3 is 5.32 Å². The standard InChI is InChI=1S/C9H19N/c1-7(2)9-6-8(3)4-5-10-9/h7-10H,4-6H2,1-3H3. The molecule has 1 fully saturated rings. The molecule has 0 aromatic carbocycles. The molecule has 0 saturated carbocycles. The first-order valence-corrected chi connectivity index (χ1v) is 4.43. The second-order valence-electron chi connectivity index (χ2n) is 3.93. The molecule has 1 heteroatoms. The molecular weight excluding hydrogens is 122 g/mol. The van der Waals surface area contributed by atoms with Gasteiger partial charge in [-0.05, 0) is 31.2 Å². The van der Waals surface area contributed by atoms with Crippen molar-refractivity contribution >= 4 is 0 Å². The van der Waals surface area contributed by atoms with Crippen molar-refractivity contribution in [3.63, 3.8) is 0 Å². The normalized spacial score (nSPS) is 34.8. The molecule has 1 N–H and O–H groups in total. The Morgan fingerprint density at radius 3 is 2.50 bits per heavy atom. The molecule has 0 amide bonds. The maximum absolute atomic E-state index is 3.55. The fourth-order valence-corrected chi connectivity index (χ4v) is 1.66. The van der Waals surface area contributed by atoms with Crippen LogP contribution in [0.3, 0.4) is 0 Å². The third kappa shape index (κ3) is 1.98. The molecule has 1 rings (SSSR count). The van der Waals surface area contributed by atoms with Gasteiger partial charge >= 0.3 is 0 Å². The van der Waals surface area contributed by atoms with Gasteiger partial charge in [0.1, 0.15) is 0 Å². The first kappa shape index (κ1) is 8.06. The van der Waals surface area contributed by atoms with Crippen LogP contribution in [0.4, 0.5) is 0 Å². The molecule has 0 aliphatic carbocycles. The highest BCUT2D eigenvalue weighted by atomic mass is 14.9. The largest absolute Gasteiger partial charge is 0.314 e. The van der Waals surface area contributed by atoms with Crippen LogP contribution in [0.25, 0.3) is 0 Å². The highest BCUT2D eigenvalue weighted by Crippen LogP contribution is 2.19. The molecule has 60 valence electrons. The van der Waals surface area contributed by atoms with Crippen molar-refractivity contribution < 1.29 is 0 Å². The summed E-state index contributed by atoms with van der Waals surface area (Å²) in [5.41, 5.74) is 0. The van der Waals surface area contributed by atoms with E-state index in [1.807, 2.05) is 0 Å². The minimum Gasteiger partial charge on any atom is -0.314 e. The molecule has 1 saturated heterocycles. The topological polar surface area (TPSA) is 12.0 Å². The second-order valence-corrected chi connectivity index (χ2v) is 3.93. The fraction of sp³-hybridized carbons (Fsp3) is 1.00. The zero-order valence-electron chi connectivity index (χ0n) is 7.35. The van der Waals surface area contributed by atoms with E-state index < -0.39 is 0 Å². The number of rotatable bonds is 1. The quantitative estimate of drug-likeness (QED) is 0.589. The predicted octanol–water partition coefficient (Wildman–Crippen LogP) is 2.03. The molecule has 0 aromatic rings. The van der Waals surface area contributed by atoms with E-state index in [1.165, 1.54) is 19.4 Å². The average Bonchev–Trinajstić information content (AvgIpc) is 1.88. The zero-order chi connectivity index (χ0) is 7.56. The molecule has 2 atom stereocenters. The molecule has 1 aliphatic heterocycles. The van der Waals surface area contributed by atoms with Crippen LogP contribution < -0.4 is 5.32 Å². The zero-order valence-corrected chi connectivity index (χ0v) is 7.35. The van der Waals surface area contributed by atoms with Crippen molar-refractivity contribution in [1.82, 2.24) is 5.32 Å². The highest BCUT2D eigenvalue weighted by Gasteiger charge is 2.19. The second kappa shape index (κ2) is 3.38. The molecule has 0 bridgehead atoms. The van der Waals surface area contributed by atoms with Gasteiger partial charge in [0.2, 0.25) is 0 Å². The van der Waals surface area contributed by atoms with E-state index in [0.29, 0.717) is 0 Å². The third-order valence-corrected chi connectivity index (χ3v) is 2.50. The molecule has 0 aromatic heterocycles. The van der Waals surface area contributed by atoms with Crippen LogP contribution in [0.1, 0.15) is 33.6 Å². The Hall–Kier alpha value is -0.0400. The summed E-state index contributed by atoms with van der Waals surface area (Å²) in [6, 6.07) is 0.781. The summed E-state index contributed by atoms with van der Waals surface area (Å²) in [5.74, 6) is 1.75. The van der Waals surface area contributed by atoms with Crippen molar-refractivity contribution in [2.45, 2.75) is 39.7 Å². The van der Waals surface area contributed by atoms with Gasteiger partial charge in [0.25, 0.3) is 0 Å². The van der Waals surface area contributed by atoms with Crippen LogP contribution in [0.5, 0.6) is 0 Å². The van der Waals surface area contributed by atoms with E-state index in [-0.39, 0.29) is 0 Å². The summed E-state index contributed by atoms with van der Waals surface area (Å²) < 4.78 is 0. The molecular formula is C9H19N. The van der Waals surface area contributed by atoms with Crippen molar-refractivity contribution in [2.24, 2.45) is 11.8 Å². The number of piperidine rings is 1. The van der Waals surface area contributed by atoms with Crippen LogP contribution in [0.15, 0.2) is 0 Å². The molecule has 1 aliphatic rings. The van der Waals surface area contributed by atoms with Gasteiger partial charge in [-0.15, -0.1) is 0 Å². The van der Waals surface area contributed by atoms with Gasteiger partial charge in [-0.25, -0.2) is 0 Å². The van der Waals surface area contributed by atoms with E-state index in [9.17, 15) is 0 Å². The Kier molecular flexibility index (Phi) is 2.72. The molecule has 1 heterocycles. The number of nitrogens with one attached hydrogen (secondary N) is 1. The summed E-state index contributed by atoms with van der Waals surface area (Å²) in [6.07, 6.45) is 2.74. The van der Waals surface area contributed by atoms with Gasteiger partial charge in [0, 0.05) is 6.04 Å². The number of hydrogen-bond acceptors (Lipinski definition) is 1. The van der Waals surface area contributed by atoms with Crippen molar-refractivity contribution in [2.75, 3.05) is 6.54 Å². The SMILES string of the molecule is CC1CCNC(C(C)C)C1. The Bertz CT molecular complexity index is 98.9. The van der Waals surface area contributed by atoms with Crippen molar-refractivity contribution in [1.29, 1.82) is 0 Å². The fourth-order valence-electron chi connectivity index (χ4n) is 1.66. The summed E-state index contributed by atoms with van der Waals surface area (Å²) in [7, 11) is 0. The van der Waals surface area contributed by atoms with Crippen LogP contribution >= 0.6 is 0 Å². The minimum absolute atomic E-state index is 0.781. The smallest absolute Gasteiger partial charge is 0.00926 e. The maximum atomic E-state index is 3.55. The predicted molar refractivity (Wildman–Crippen MR) is 45.0 cm³/mol. The van der Waals surface area contributed by atoms with E-state index in [2.05, 4.69) is 26.1 Å². The van der Waals surface area contributed by atoms with Crippen molar-refractivity contribution in [3.8, 4) is 0 Å². The van der Waals surface area contributed by atoms with Crippen LogP contribution in [0.2, 0.25) is 0 Å². The number of hydrogen-bond donors (Lipinski definition) is 1. The Labute approximate surface area is 64.2 Å². The Balaban J connectivity index is 2.32. The molecule has 10 heavy (non-hydrogen) atoms. The highest BCUT2D eigenvalue weighted by molar-refractivity contribution is 4.78. The first-order valence-electron chi connectivity index (χ1n) is 4.43. The molecule has 0 radical (unpaired) electrons. The van der Waals surface area contributed by atoms with Crippen molar-refractivity contribution in [3.05, 3.63) is 0 Å². The van der Waals surface area contributed by atoms with Crippen LogP contribution in [-0.4, -0.2) is 12.6 Å². The van der Waals surface area contributed by atoms with E-state index >= 15 is 0 Å². The summed E-state index contributed by atoms with van der Waals surface area (Å²) in [5, 5.41) is 3.55. The molecule has 0 spiro atoms. The van der Waals surface area contributed by atoms with Crippen LogP contribution in [-0.2, 0) is 0 Å². The summed E-state index contributed by atoms with van der Waals surface area (Å²) >= 11 is 0. The Morgan fingerprint density at radius 2 is 2.10 bits per heavy atom. The van der Waals surface area contributed by atoms with Gasteiger partial charge in [-0.2, -0.15) is 0 Å². The van der Waals surface area contributed by atoms with Gasteiger partial charge in [-0.3, -0.25) is 0 Å². The van der Waals surface area contributed by atoms with Gasteiger partial charge in [0.15, 0.2) is 0 Å². The lowest BCUT2D eigenvalue weighted by atomic mass is 9.88. The first-order chi connectivity index (χ1) is 4.70. The Morgan fingerprint density at radius 1 is 1.40 bits per heavy atom. The maximum Gasteiger partial charge on any atom is 0.00926 e. The summed E-state index contributed by atoms with van der Waals surface area (Å²) in [6.45, 7) is 8.19.